The van der Waals surface area contributed by atoms with Gasteiger partial charge in [0, 0.05) is 0 Å². The summed E-state index contributed by atoms with van der Waals surface area (Å²) in [7, 11) is 0. The van der Waals surface area contributed by atoms with Crippen molar-refractivity contribution in [3.05, 3.63) is 11.9 Å². The van der Waals surface area contributed by atoms with E-state index in [1.165, 1.54) is 6.07 Å². The fraction of sp³-hybridized carbons (Fsp3) is 0.545. The summed E-state index contributed by atoms with van der Waals surface area (Å²) >= 11 is 0. The lowest BCUT2D eigenvalue weighted by atomic mass is 10.5. The maximum atomic E-state index is 11.5. The third-order valence-corrected chi connectivity index (χ3v) is 1.72. The monoisotopic (exact) mass is 240 g/mol. The molecule has 0 saturated heterocycles. The molecule has 0 bridgehead atoms. The number of hydrogen-bond donors (Lipinski definition) is 0. The molecule has 1 rings (SSSR count). The Morgan fingerprint density at radius 2 is 1.59 bits per heavy atom. The SMILES string of the molecule is CCOC(=O)c1nc(OCC)cc(OCC)n1. The van der Waals surface area contributed by atoms with Gasteiger partial charge in [-0.3, -0.25) is 0 Å². The molecular weight excluding hydrogens is 224 g/mol. The summed E-state index contributed by atoms with van der Waals surface area (Å²) in [4.78, 5) is 19.4. The number of rotatable bonds is 6. The minimum absolute atomic E-state index is 0.0544. The van der Waals surface area contributed by atoms with Crippen LogP contribution in [-0.2, 0) is 4.74 Å². The Labute approximate surface area is 99.9 Å². The molecule has 0 aliphatic carbocycles. The van der Waals surface area contributed by atoms with Gasteiger partial charge in [0.05, 0.1) is 25.9 Å². The smallest absolute Gasteiger partial charge is 0.376 e. The fourth-order valence-corrected chi connectivity index (χ4v) is 1.13. The number of esters is 1. The second kappa shape index (κ2) is 6.67. The van der Waals surface area contributed by atoms with Gasteiger partial charge in [0.2, 0.25) is 17.6 Å². The Morgan fingerprint density at radius 3 is 2.00 bits per heavy atom. The van der Waals surface area contributed by atoms with Crippen LogP contribution in [0.2, 0.25) is 0 Å². The lowest BCUT2D eigenvalue weighted by molar-refractivity contribution is 0.0509. The number of carbonyl (C=O) groups excluding carboxylic acids is 1. The molecule has 1 aromatic heterocycles. The Balaban J connectivity index is 2.98. The van der Waals surface area contributed by atoms with Gasteiger partial charge in [0.25, 0.3) is 0 Å². The van der Waals surface area contributed by atoms with Crippen LogP contribution in [0.3, 0.4) is 0 Å². The average molecular weight is 240 g/mol. The van der Waals surface area contributed by atoms with E-state index in [4.69, 9.17) is 14.2 Å². The van der Waals surface area contributed by atoms with Gasteiger partial charge in [-0.05, 0) is 20.8 Å². The maximum absolute atomic E-state index is 11.5. The van der Waals surface area contributed by atoms with Crippen LogP contribution in [0.5, 0.6) is 11.8 Å². The van der Waals surface area contributed by atoms with Gasteiger partial charge in [-0.2, -0.15) is 9.97 Å². The summed E-state index contributed by atoms with van der Waals surface area (Å²) in [6.07, 6.45) is 0. The molecule has 0 unspecified atom stereocenters. The maximum Gasteiger partial charge on any atom is 0.376 e. The average Bonchev–Trinajstić information content (AvgIpc) is 2.30. The molecule has 0 N–H and O–H groups in total. The summed E-state index contributed by atoms with van der Waals surface area (Å²) in [6.45, 7) is 6.54. The fourth-order valence-electron chi connectivity index (χ4n) is 1.13. The molecule has 0 spiro atoms. The van der Waals surface area contributed by atoms with Crippen LogP contribution in [0.25, 0.3) is 0 Å². The van der Waals surface area contributed by atoms with Crippen molar-refractivity contribution in [1.82, 2.24) is 9.97 Å². The molecule has 17 heavy (non-hydrogen) atoms. The molecule has 0 aromatic carbocycles. The number of nitrogens with zero attached hydrogens (tertiary/aromatic N) is 2. The quantitative estimate of drug-likeness (QED) is 0.701. The molecule has 1 heterocycles. The molecule has 94 valence electrons. The van der Waals surface area contributed by atoms with Crippen molar-refractivity contribution in [2.75, 3.05) is 19.8 Å². The lowest BCUT2D eigenvalue weighted by Gasteiger charge is -2.07. The molecule has 6 nitrogen and oxygen atoms in total. The Morgan fingerprint density at radius 1 is 1.06 bits per heavy atom. The molecular formula is C11H16N2O4. The van der Waals surface area contributed by atoms with E-state index >= 15 is 0 Å². The van der Waals surface area contributed by atoms with Crippen molar-refractivity contribution in [2.45, 2.75) is 20.8 Å². The van der Waals surface area contributed by atoms with E-state index in [1.807, 2.05) is 13.8 Å². The zero-order valence-electron chi connectivity index (χ0n) is 10.2. The summed E-state index contributed by atoms with van der Waals surface area (Å²) in [5, 5.41) is 0. The minimum Gasteiger partial charge on any atom is -0.478 e. The molecule has 0 radical (unpaired) electrons. The Bertz CT molecular complexity index is 357. The van der Waals surface area contributed by atoms with Crippen molar-refractivity contribution in [2.24, 2.45) is 0 Å². The van der Waals surface area contributed by atoms with Crippen LogP contribution in [0, 0.1) is 0 Å². The molecule has 0 aliphatic rings. The molecule has 0 atom stereocenters. The summed E-state index contributed by atoms with van der Waals surface area (Å²) in [6, 6.07) is 1.54. The van der Waals surface area contributed by atoms with Gasteiger partial charge >= 0.3 is 5.97 Å². The third kappa shape index (κ3) is 3.90. The van der Waals surface area contributed by atoms with Crippen LogP contribution in [0.15, 0.2) is 6.07 Å². The highest BCUT2D eigenvalue weighted by atomic mass is 16.5. The minimum atomic E-state index is -0.588. The molecule has 0 saturated carbocycles. The topological polar surface area (TPSA) is 70.5 Å². The number of hydrogen-bond acceptors (Lipinski definition) is 6. The van der Waals surface area contributed by atoms with Crippen LogP contribution in [0.4, 0.5) is 0 Å². The van der Waals surface area contributed by atoms with Gasteiger partial charge in [0.1, 0.15) is 0 Å². The summed E-state index contributed by atoms with van der Waals surface area (Å²) in [5.74, 6) is -0.0423. The van der Waals surface area contributed by atoms with Gasteiger partial charge in [-0.25, -0.2) is 4.79 Å². The summed E-state index contributed by atoms with van der Waals surface area (Å²) < 4.78 is 15.3. The largest absolute Gasteiger partial charge is 0.478 e. The predicted octanol–water partition coefficient (Wildman–Crippen LogP) is 1.45. The molecule has 1 aromatic rings. The summed E-state index contributed by atoms with van der Waals surface area (Å²) in [5.41, 5.74) is 0. The molecule has 0 amide bonds. The zero-order chi connectivity index (χ0) is 12.7. The van der Waals surface area contributed by atoms with Crippen molar-refractivity contribution in [3.8, 4) is 11.8 Å². The normalized spacial score (nSPS) is 9.82. The Kier molecular flexibility index (Phi) is 5.19. The predicted molar refractivity (Wildman–Crippen MR) is 60.3 cm³/mol. The van der Waals surface area contributed by atoms with Crippen molar-refractivity contribution >= 4 is 5.97 Å². The number of ether oxygens (including phenoxy) is 3. The van der Waals surface area contributed by atoms with E-state index < -0.39 is 5.97 Å². The van der Waals surface area contributed by atoms with Crippen LogP contribution < -0.4 is 9.47 Å². The first-order chi connectivity index (χ1) is 8.21. The molecule has 6 heteroatoms. The van der Waals surface area contributed by atoms with Crippen molar-refractivity contribution in [1.29, 1.82) is 0 Å². The van der Waals surface area contributed by atoms with Gasteiger partial charge in [-0.1, -0.05) is 0 Å². The first-order valence-corrected chi connectivity index (χ1v) is 5.53. The number of carbonyl (C=O) groups is 1. The lowest BCUT2D eigenvalue weighted by Crippen LogP contribution is -2.12. The van der Waals surface area contributed by atoms with Gasteiger partial charge in [-0.15, -0.1) is 0 Å². The van der Waals surface area contributed by atoms with E-state index in [2.05, 4.69) is 9.97 Å². The van der Waals surface area contributed by atoms with E-state index in [1.54, 1.807) is 6.92 Å². The molecule has 0 aliphatic heterocycles. The standard InChI is InChI=1S/C11H16N2O4/c1-4-15-8-7-9(16-5-2)13-10(12-8)11(14)17-6-3/h7H,4-6H2,1-3H3. The van der Waals surface area contributed by atoms with Crippen molar-refractivity contribution < 1.29 is 19.0 Å². The highest BCUT2D eigenvalue weighted by Crippen LogP contribution is 2.16. The number of aromatic nitrogens is 2. The van der Waals surface area contributed by atoms with E-state index in [-0.39, 0.29) is 12.4 Å². The van der Waals surface area contributed by atoms with Gasteiger partial charge < -0.3 is 14.2 Å². The first-order valence-electron chi connectivity index (χ1n) is 5.53. The van der Waals surface area contributed by atoms with E-state index in [0.29, 0.717) is 25.0 Å². The Hall–Kier alpha value is -1.85. The second-order valence-corrected chi connectivity index (χ2v) is 2.95. The third-order valence-electron chi connectivity index (χ3n) is 1.72. The van der Waals surface area contributed by atoms with E-state index in [9.17, 15) is 4.79 Å². The zero-order valence-corrected chi connectivity index (χ0v) is 10.2. The highest BCUT2D eigenvalue weighted by molar-refractivity contribution is 5.85. The van der Waals surface area contributed by atoms with Crippen molar-refractivity contribution in [3.63, 3.8) is 0 Å². The second-order valence-electron chi connectivity index (χ2n) is 2.95. The first kappa shape index (κ1) is 13.2. The molecule has 0 fully saturated rings. The van der Waals surface area contributed by atoms with Crippen LogP contribution >= 0.6 is 0 Å². The van der Waals surface area contributed by atoms with Gasteiger partial charge in [0.15, 0.2) is 0 Å². The van der Waals surface area contributed by atoms with Crippen LogP contribution in [0.1, 0.15) is 31.4 Å². The highest BCUT2D eigenvalue weighted by Gasteiger charge is 2.14. The van der Waals surface area contributed by atoms with E-state index in [0.717, 1.165) is 0 Å². The van der Waals surface area contributed by atoms with Crippen LogP contribution in [-0.4, -0.2) is 35.8 Å².